The van der Waals surface area contributed by atoms with Crippen molar-refractivity contribution in [2.24, 2.45) is 5.92 Å². The van der Waals surface area contributed by atoms with Gasteiger partial charge in [0.05, 0.1) is 10.6 Å². The van der Waals surface area contributed by atoms with Crippen molar-refractivity contribution in [1.29, 1.82) is 0 Å². The predicted molar refractivity (Wildman–Crippen MR) is 176 cm³/mol. The van der Waals surface area contributed by atoms with Gasteiger partial charge < -0.3 is 10.2 Å². The molecule has 0 bridgehead atoms. The third-order valence-electron chi connectivity index (χ3n) is 7.20. The van der Waals surface area contributed by atoms with E-state index >= 15 is 0 Å². The second kappa shape index (κ2) is 15.0. The second-order valence-electron chi connectivity index (χ2n) is 11.1. The lowest BCUT2D eigenvalue weighted by atomic mass is 10.0. The third-order valence-corrected chi connectivity index (χ3v) is 9.40. The van der Waals surface area contributed by atoms with Crippen molar-refractivity contribution < 1.29 is 18.0 Å². The van der Waals surface area contributed by atoms with Crippen LogP contribution in [0.2, 0.25) is 5.02 Å². The Kier molecular flexibility index (Phi) is 11.2. The monoisotopic (exact) mass is 631 g/mol. The standard InChI is InChI=1S/C35H38ClN3O4S/c1-26(2)23-37-35(41)33(21-28-13-7-4-8-14-28)38(24-29-15-9-5-10-16-29)34(40)25-39(30-20-19-27(3)32(36)22-30)44(42,43)31-17-11-6-12-18-31/h4-20,22,26,33H,21,23-25H2,1-3H3,(H,37,41)/t33-/m1/s1. The molecule has 0 aromatic heterocycles. The molecule has 0 heterocycles. The van der Waals surface area contributed by atoms with Gasteiger partial charge in [-0.1, -0.05) is 110 Å². The van der Waals surface area contributed by atoms with Crippen molar-refractivity contribution in [1.82, 2.24) is 10.2 Å². The van der Waals surface area contributed by atoms with E-state index in [1.165, 1.54) is 17.0 Å². The Bertz CT molecular complexity index is 1650. The third kappa shape index (κ3) is 8.49. The average Bonchev–Trinajstić information content (AvgIpc) is 3.03. The lowest BCUT2D eigenvalue weighted by Crippen LogP contribution is -2.53. The van der Waals surface area contributed by atoms with Gasteiger partial charge in [-0.05, 0) is 53.8 Å². The summed E-state index contributed by atoms with van der Waals surface area (Å²) in [6, 6.07) is 30.8. The summed E-state index contributed by atoms with van der Waals surface area (Å²) in [5.41, 5.74) is 2.71. The fourth-order valence-electron chi connectivity index (χ4n) is 4.74. The maximum absolute atomic E-state index is 14.4. The number of nitrogens with one attached hydrogen (secondary N) is 1. The molecule has 0 fully saturated rings. The Balaban J connectivity index is 1.79. The molecule has 0 aliphatic rings. The Hall–Kier alpha value is -4.14. The molecule has 1 atom stereocenters. The molecule has 7 nitrogen and oxygen atoms in total. The van der Waals surface area contributed by atoms with E-state index in [0.717, 1.165) is 21.0 Å². The van der Waals surface area contributed by atoms with Crippen LogP contribution in [0.25, 0.3) is 0 Å². The van der Waals surface area contributed by atoms with Gasteiger partial charge in [-0.2, -0.15) is 0 Å². The molecule has 0 unspecified atom stereocenters. The van der Waals surface area contributed by atoms with Crippen molar-refractivity contribution in [2.75, 3.05) is 17.4 Å². The van der Waals surface area contributed by atoms with Gasteiger partial charge in [0.2, 0.25) is 11.8 Å². The minimum absolute atomic E-state index is 0.0367. The van der Waals surface area contributed by atoms with Crippen molar-refractivity contribution in [3.8, 4) is 0 Å². The highest BCUT2D eigenvalue weighted by molar-refractivity contribution is 7.92. The van der Waals surface area contributed by atoms with E-state index in [1.807, 2.05) is 81.4 Å². The molecule has 0 aliphatic heterocycles. The number of carbonyl (C=O) groups excluding carboxylic acids is 2. The second-order valence-corrected chi connectivity index (χ2v) is 13.4. The molecule has 1 N–H and O–H groups in total. The number of hydrogen-bond donors (Lipinski definition) is 1. The topological polar surface area (TPSA) is 86.8 Å². The van der Waals surface area contributed by atoms with Crippen molar-refractivity contribution >= 4 is 39.1 Å². The van der Waals surface area contributed by atoms with E-state index in [2.05, 4.69) is 5.32 Å². The maximum Gasteiger partial charge on any atom is 0.264 e. The Morgan fingerprint density at radius 3 is 1.95 bits per heavy atom. The summed E-state index contributed by atoms with van der Waals surface area (Å²) in [4.78, 5) is 29.8. The van der Waals surface area contributed by atoms with E-state index < -0.39 is 28.5 Å². The first-order valence-electron chi connectivity index (χ1n) is 14.5. The van der Waals surface area contributed by atoms with Crippen molar-refractivity contribution in [2.45, 2.75) is 44.7 Å². The molecule has 4 aromatic rings. The van der Waals surface area contributed by atoms with E-state index in [9.17, 15) is 18.0 Å². The number of nitrogens with zero attached hydrogens (tertiary/aromatic N) is 2. The number of benzene rings is 4. The number of halogens is 1. The van der Waals surface area contributed by atoms with Gasteiger partial charge in [-0.25, -0.2) is 8.42 Å². The minimum atomic E-state index is -4.18. The van der Waals surface area contributed by atoms with Crippen LogP contribution in [0.4, 0.5) is 5.69 Å². The van der Waals surface area contributed by atoms with Crippen molar-refractivity contribution in [3.05, 3.63) is 131 Å². The molecule has 44 heavy (non-hydrogen) atoms. The zero-order valence-electron chi connectivity index (χ0n) is 25.2. The van der Waals surface area contributed by atoms with Crippen molar-refractivity contribution in [3.63, 3.8) is 0 Å². The number of aryl methyl sites for hydroxylation is 1. The normalized spacial score (nSPS) is 12.0. The van der Waals surface area contributed by atoms with Crippen LogP contribution < -0.4 is 9.62 Å². The quantitative estimate of drug-likeness (QED) is 0.189. The van der Waals surface area contributed by atoms with Crippen LogP contribution in [0, 0.1) is 12.8 Å². The van der Waals surface area contributed by atoms with Crippen LogP contribution >= 0.6 is 11.6 Å². The lowest BCUT2D eigenvalue weighted by Gasteiger charge is -2.34. The average molecular weight is 632 g/mol. The number of anilines is 1. The first kappa shape index (κ1) is 32.8. The first-order valence-corrected chi connectivity index (χ1v) is 16.4. The Morgan fingerprint density at radius 2 is 1.39 bits per heavy atom. The van der Waals surface area contributed by atoms with Crippen LogP contribution in [0.1, 0.15) is 30.5 Å². The van der Waals surface area contributed by atoms with Gasteiger partial charge in [0, 0.05) is 24.5 Å². The summed E-state index contributed by atoms with van der Waals surface area (Å²) in [7, 11) is -4.18. The van der Waals surface area contributed by atoms with E-state index in [-0.39, 0.29) is 35.4 Å². The van der Waals surface area contributed by atoms with Crippen LogP contribution in [0.15, 0.2) is 114 Å². The van der Waals surface area contributed by atoms with E-state index in [4.69, 9.17) is 11.6 Å². The summed E-state index contributed by atoms with van der Waals surface area (Å²) < 4.78 is 29.2. The van der Waals surface area contributed by atoms with E-state index in [0.29, 0.717) is 11.6 Å². The highest BCUT2D eigenvalue weighted by Gasteiger charge is 2.34. The molecule has 4 aromatic carbocycles. The summed E-state index contributed by atoms with van der Waals surface area (Å²) >= 11 is 6.43. The van der Waals surface area contributed by atoms with Crippen LogP contribution in [-0.2, 0) is 32.6 Å². The fraction of sp³-hybridized carbons (Fsp3) is 0.257. The molecular weight excluding hydrogens is 594 g/mol. The lowest BCUT2D eigenvalue weighted by molar-refractivity contribution is -0.140. The molecular formula is C35H38ClN3O4S. The molecule has 0 saturated heterocycles. The molecule has 0 radical (unpaired) electrons. The number of amides is 2. The molecule has 230 valence electrons. The Labute approximate surface area is 265 Å². The zero-order valence-corrected chi connectivity index (χ0v) is 26.8. The van der Waals surface area contributed by atoms with Crippen LogP contribution in [-0.4, -0.2) is 44.3 Å². The molecule has 2 amide bonds. The molecule has 0 spiro atoms. The highest BCUT2D eigenvalue weighted by atomic mass is 35.5. The van der Waals surface area contributed by atoms with E-state index in [1.54, 1.807) is 36.4 Å². The first-order chi connectivity index (χ1) is 21.1. The number of sulfonamides is 1. The Morgan fingerprint density at radius 1 is 0.818 bits per heavy atom. The summed E-state index contributed by atoms with van der Waals surface area (Å²) in [5.74, 6) is -0.624. The molecule has 4 rings (SSSR count). The summed E-state index contributed by atoms with van der Waals surface area (Å²) in [6.45, 7) is 5.83. The SMILES string of the molecule is Cc1ccc(N(CC(=O)N(Cc2ccccc2)[C@H](Cc2ccccc2)C(=O)NCC(C)C)S(=O)(=O)c2ccccc2)cc1Cl. The zero-order chi connectivity index (χ0) is 31.7. The highest BCUT2D eigenvalue weighted by Crippen LogP contribution is 2.29. The summed E-state index contributed by atoms with van der Waals surface area (Å²) in [6.07, 6.45) is 0.255. The van der Waals surface area contributed by atoms with Gasteiger partial charge in [0.15, 0.2) is 0 Å². The van der Waals surface area contributed by atoms with Gasteiger partial charge in [0.25, 0.3) is 10.0 Å². The van der Waals surface area contributed by atoms with Crippen LogP contribution in [0.3, 0.4) is 0 Å². The number of hydrogen-bond acceptors (Lipinski definition) is 4. The summed E-state index contributed by atoms with van der Waals surface area (Å²) in [5, 5.41) is 3.37. The molecule has 0 aliphatic carbocycles. The largest absolute Gasteiger partial charge is 0.354 e. The number of carbonyl (C=O) groups is 2. The van der Waals surface area contributed by atoms with Gasteiger partial charge >= 0.3 is 0 Å². The maximum atomic E-state index is 14.4. The fourth-order valence-corrected chi connectivity index (χ4v) is 6.34. The molecule has 0 saturated carbocycles. The predicted octanol–water partition coefficient (Wildman–Crippen LogP) is 6.26. The van der Waals surface area contributed by atoms with Gasteiger partial charge in [0.1, 0.15) is 12.6 Å². The van der Waals surface area contributed by atoms with Gasteiger partial charge in [-0.3, -0.25) is 13.9 Å². The number of rotatable bonds is 13. The van der Waals surface area contributed by atoms with Crippen LogP contribution in [0.5, 0.6) is 0 Å². The molecule has 9 heteroatoms. The smallest absolute Gasteiger partial charge is 0.264 e. The van der Waals surface area contributed by atoms with Gasteiger partial charge in [-0.15, -0.1) is 0 Å². The minimum Gasteiger partial charge on any atom is -0.354 e.